The van der Waals surface area contributed by atoms with Crippen LogP contribution in [0.4, 0.5) is 18.9 Å². The van der Waals surface area contributed by atoms with Gasteiger partial charge in [0.15, 0.2) is 6.10 Å². The molecule has 1 aromatic heterocycles. The Bertz CT molecular complexity index is 852. The van der Waals surface area contributed by atoms with Crippen molar-refractivity contribution in [2.24, 2.45) is 0 Å². The van der Waals surface area contributed by atoms with Gasteiger partial charge in [0.05, 0.1) is 21.3 Å². The highest BCUT2D eigenvalue weighted by Gasteiger charge is 2.33. The third kappa shape index (κ3) is 4.73. The Labute approximate surface area is 156 Å². The SMILES string of the molecule is Cc1nc(C)c(C(=O)OC(C)C(=O)Nc2ccc(Cl)c(C(F)(F)F)c2)s1. The van der Waals surface area contributed by atoms with E-state index < -0.39 is 34.7 Å². The van der Waals surface area contributed by atoms with Crippen molar-refractivity contribution in [3.05, 3.63) is 44.4 Å². The monoisotopic (exact) mass is 406 g/mol. The van der Waals surface area contributed by atoms with Crippen molar-refractivity contribution < 1.29 is 27.5 Å². The number of thiazole rings is 1. The molecule has 1 heterocycles. The molecule has 2 rings (SSSR count). The molecule has 0 aliphatic carbocycles. The normalized spacial score (nSPS) is 12.6. The lowest BCUT2D eigenvalue weighted by Crippen LogP contribution is -2.30. The van der Waals surface area contributed by atoms with Gasteiger partial charge in [-0.05, 0) is 39.0 Å². The molecule has 26 heavy (non-hydrogen) atoms. The summed E-state index contributed by atoms with van der Waals surface area (Å²) in [5.41, 5.74) is -0.700. The molecule has 1 N–H and O–H groups in total. The van der Waals surface area contributed by atoms with Crippen LogP contribution < -0.4 is 5.32 Å². The maximum atomic E-state index is 12.9. The van der Waals surface area contributed by atoms with Crippen LogP contribution in [0.1, 0.15) is 32.9 Å². The molecule has 1 atom stereocenters. The summed E-state index contributed by atoms with van der Waals surface area (Å²) < 4.78 is 43.6. The second-order valence-corrected chi connectivity index (χ2v) is 6.99. The van der Waals surface area contributed by atoms with E-state index in [4.69, 9.17) is 16.3 Å². The van der Waals surface area contributed by atoms with Gasteiger partial charge in [0.25, 0.3) is 5.91 Å². The van der Waals surface area contributed by atoms with Crippen molar-refractivity contribution in [1.82, 2.24) is 4.98 Å². The molecule has 10 heteroatoms. The number of benzene rings is 1. The van der Waals surface area contributed by atoms with Gasteiger partial charge in [0.1, 0.15) is 4.88 Å². The molecule has 140 valence electrons. The third-order valence-corrected chi connectivity index (χ3v) is 4.66. The van der Waals surface area contributed by atoms with E-state index in [0.717, 1.165) is 17.4 Å². The van der Waals surface area contributed by atoms with Gasteiger partial charge in [-0.25, -0.2) is 9.78 Å². The van der Waals surface area contributed by atoms with Crippen LogP contribution >= 0.6 is 22.9 Å². The molecule has 0 fully saturated rings. The minimum absolute atomic E-state index is 0.112. The number of ether oxygens (including phenoxy) is 1. The molecular formula is C16H14ClF3N2O3S. The number of aromatic nitrogens is 1. The maximum absolute atomic E-state index is 12.9. The van der Waals surface area contributed by atoms with Gasteiger partial charge in [-0.1, -0.05) is 11.6 Å². The molecule has 0 spiro atoms. The Morgan fingerprint density at radius 1 is 1.31 bits per heavy atom. The summed E-state index contributed by atoms with van der Waals surface area (Å²) in [4.78, 5) is 28.5. The van der Waals surface area contributed by atoms with Crippen molar-refractivity contribution in [2.45, 2.75) is 33.1 Å². The minimum atomic E-state index is -4.66. The molecule has 2 aromatic rings. The number of esters is 1. The van der Waals surface area contributed by atoms with Crippen LogP contribution in [0.3, 0.4) is 0 Å². The molecule has 5 nitrogen and oxygen atoms in total. The molecule has 1 aromatic carbocycles. The first kappa shape index (κ1) is 20.2. The summed E-state index contributed by atoms with van der Waals surface area (Å²) in [5, 5.41) is 2.46. The number of nitrogens with zero attached hydrogens (tertiary/aromatic N) is 1. The summed E-state index contributed by atoms with van der Waals surface area (Å²) in [7, 11) is 0. The quantitative estimate of drug-likeness (QED) is 0.752. The molecule has 0 radical (unpaired) electrons. The number of hydrogen-bond donors (Lipinski definition) is 1. The van der Waals surface area contributed by atoms with Crippen molar-refractivity contribution in [3.8, 4) is 0 Å². The number of halogens is 4. The van der Waals surface area contributed by atoms with Crippen molar-refractivity contribution in [1.29, 1.82) is 0 Å². The van der Waals surface area contributed by atoms with Gasteiger partial charge in [0.2, 0.25) is 0 Å². The highest BCUT2D eigenvalue weighted by molar-refractivity contribution is 7.13. The molecule has 0 aliphatic rings. The molecule has 1 amide bonds. The first-order valence-corrected chi connectivity index (χ1v) is 8.51. The average molecular weight is 407 g/mol. The van der Waals surface area contributed by atoms with E-state index in [1.807, 2.05) is 0 Å². The lowest BCUT2D eigenvalue weighted by molar-refractivity contribution is -0.137. The lowest BCUT2D eigenvalue weighted by atomic mass is 10.2. The van der Waals surface area contributed by atoms with Gasteiger partial charge in [-0.15, -0.1) is 11.3 Å². The Kier molecular flexibility index (Phi) is 5.92. The van der Waals surface area contributed by atoms with Gasteiger partial charge in [0, 0.05) is 5.69 Å². The average Bonchev–Trinajstić information content (AvgIpc) is 2.86. The van der Waals surface area contributed by atoms with Crippen molar-refractivity contribution >= 4 is 40.5 Å². The van der Waals surface area contributed by atoms with E-state index in [0.29, 0.717) is 16.8 Å². The van der Waals surface area contributed by atoms with Crippen LogP contribution in [0.15, 0.2) is 18.2 Å². The Hall–Kier alpha value is -2.13. The van der Waals surface area contributed by atoms with Gasteiger partial charge in [-0.3, -0.25) is 4.79 Å². The van der Waals surface area contributed by atoms with Crippen molar-refractivity contribution in [3.63, 3.8) is 0 Å². The molecule has 0 aliphatic heterocycles. The summed E-state index contributed by atoms with van der Waals surface area (Å²) in [6.45, 7) is 4.68. The fourth-order valence-corrected chi connectivity index (χ4v) is 3.08. The number of hydrogen-bond acceptors (Lipinski definition) is 5. The largest absolute Gasteiger partial charge is 0.448 e. The second kappa shape index (κ2) is 7.63. The number of anilines is 1. The minimum Gasteiger partial charge on any atom is -0.448 e. The summed E-state index contributed by atoms with van der Waals surface area (Å²) in [6.07, 6.45) is -5.87. The zero-order valence-electron chi connectivity index (χ0n) is 13.9. The highest BCUT2D eigenvalue weighted by Crippen LogP contribution is 2.36. The van der Waals surface area contributed by atoms with Crippen LogP contribution in [-0.4, -0.2) is 23.0 Å². The summed E-state index contributed by atoms with van der Waals surface area (Å²) in [6, 6.07) is 2.96. The molecule has 1 unspecified atom stereocenters. The number of carbonyl (C=O) groups is 2. The molecule has 0 bridgehead atoms. The van der Waals surface area contributed by atoms with Crippen molar-refractivity contribution in [2.75, 3.05) is 5.32 Å². The third-order valence-electron chi connectivity index (χ3n) is 3.28. The number of alkyl halides is 3. The van der Waals surface area contributed by atoms with E-state index in [2.05, 4.69) is 10.3 Å². The Morgan fingerprint density at radius 3 is 2.50 bits per heavy atom. The van der Waals surface area contributed by atoms with E-state index in [1.165, 1.54) is 13.0 Å². The first-order valence-electron chi connectivity index (χ1n) is 7.31. The van der Waals surface area contributed by atoms with Crippen LogP contribution in [0.25, 0.3) is 0 Å². The number of nitrogens with one attached hydrogen (secondary N) is 1. The molecular weight excluding hydrogens is 393 g/mol. The topological polar surface area (TPSA) is 68.3 Å². The summed E-state index contributed by atoms with van der Waals surface area (Å²) >= 11 is 6.66. The highest BCUT2D eigenvalue weighted by atomic mass is 35.5. The zero-order chi connectivity index (χ0) is 19.6. The van der Waals surface area contributed by atoms with Crippen LogP contribution in [0.2, 0.25) is 5.02 Å². The van der Waals surface area contributed by atoms with E-state index in [-0.39, 0.29) is 10.6 Å². The van der Waals surface area contributed by atoms with Crippen LogP contribution in [-0.2, 0) is 15.7 Å². The smallest absolute Gasteiger partial charge is 0.417 e. The number of rotatable bonds is 4. The number of amides is 1. The molecule has 0 saturated carbocycles. The van der Waals surface area contributed by atoms with Crippen LogP contribution in [0.5, 0.6) is 0 Å². The maximum Gasteiger partial charge on any atom is 0.417 e. The fourth-order valence-electron chi connectivity index (χ4n) is 2.05. The number of carbonyl (C=O) groups excluding carboxylic acids is 2. The Balaban J connectivity index is 2.08. The second-order valence-electron chi connectivity index (χ2n) is 5.38. The van der Waals surface area contributed by atoms with Gasteiger partial charge in [-0.2, -0.15) is 13.2 Å². The predicted molar refractivity (Wildman–Crippen MR) is 91.5 cm³/mol. The Morgan fingerprint density at radius 2 is 1.96 bits per heavy atom. The number of aryl methyl sites for hydroxylation is 2. The van der Waals surface area contributed by atoms with E-state index >= 15 is 0 Å². The van der Waals surface area contributed by atoms with Crippen LogP contribution in [0, 0.1) is 13.8 Å². The predicted octanol–water partition coefficient (Wildman–Crippen LogP) is 4.62. The fraction of sp³-hybridized carbons (Fsp3) is 0.312. The summed E-state index contributed by atoms with van der Waals surface area (Å²) in [5.74, 6) is -1.49. The first-order chi connectivity index (χ1) is 12.0. The lowest BCUT2D eigenvalue weighted by Gasteiger charge is -2.15. The standard InChI is InChI=1S/C16H14ClF3N2O3S/c1-7-13(26-9(3)21-7)15(24)25-8(2)14(23)22-10-4-5-12(17)11(6-10)16(18,19)20/h4-6,8H,1-3H3,(H,22,23). The van der Waals surface area contributed by atoms with E-state index in [9.17, 15) is 22.8 Å². The van der Waals surface area contributed by atoms with Gasteiger partial charge >= 0.3 is 12.1 Å². The van der Waals surface area contributed by atoms with Gasteiger partial charge < -0.3 is 10.1 Å². The van der Waals surface area contributed by atoms with E-state index in [1.54, 1.807) is 13.8 Å². The molecule has 0 saturated heterocycles. The zero-order valence-corrected chi connectivity index (χ0v) is 15.5.